The zero-order chi connectivity index (χ0) is 26.8. The Morgan fingerprint density at radius 1 is 1.08 bits per heavy atom. The highest BCUT2D eigenvalue weighted by Crippen LogP contribution is 2.35. The van der Waals surface area contributed by atoms with E-state index in [-0.39, 0.29) is 24.6 Å². The molecule has 1 heterocycles. The lowest BCUT2D eigenvalue weighted by molar-refractivity contribution is -0.119. The first-order chi connectivity index (χ1) is 16.8. The number of primary amides is 1. The van der Waals surface area contributed by atoms with Crippen molar-refractivity contribution in [3.8, 4) is 16.9 Å². The van der Waals surface area contributed by atoms with Gasteiger partial charge in [-0.25, -0.2) is 4.79 Å². The van der Waals surface area contributed by atoms with Gasteiger partial charge >= 0.3 is 6.09 Å². The van der Waals surface area contributed by atoms with E-state index in [1.165, 1.54) is 4.90 Å². The predicted molar refractivity (Wildman–Crippen MR) is 141 cm³/mol. The highest BCUT2D eigenvalue weighted by molar-refractivity contribution is 5.98. The van der Waals surface area contributed by atoms with Gasteiger partial charge in [0.15, 0.2) is 6.61 Å². The maximum Gasteiger partial charge on any atom is 0.408 e. The van der Waals surface area contributed by atoms with Gasteiger partial charge in [-0.15, -0.1) is 0 Å². The number of carbonyl (C=O) groups excluding carboxylic acids is 1. The summed E-state index contributed by atoms with van der Waals surface area (Å²) in [6.45, 7) is 11.7. The quantitative estimate of drug-likeness (QED) is 0.469. The van der Waals surface area contributed by atoms with Crippen molar-refractivity contribution in [2.45, 2.75) is 60.2 Å². The van der Waals surface area contributed by atoms with Crippen molar-refractivity contribution in [3.05, 3.63) is 64.1 Å². The fourth-order valence-electron chi connectivity index (χ4n) is 4.23. The molecule has 0 aliphatic carbocycles. The van der Waals surface area contributed by atoms with Gasteiger partial charge in [0.2, 0.25) is 0 Å². The Bertz CT molecular complexity index is 1330. The van der Waals surface area contributed by atoms with Crippen LogP contribution in [0, 0.1) is 12.8 Å². The summed E-state index contributed by atoms with van der Waals surface area (Å²) in [5.74, 6) is -0.0624. The number of hydrogen-bond acceptors (Lipinski definition) is 4. The van der Waals surface area contributed by atoms with Crippen LogP contribution in [0.25, 0.3) is 21.9 Å². The van der Waals surface area contributed by atoms with Crippen molar-refractivity contribution >= 4 is 22.8 Å². The zero-order valence-electron chi connectivity index (χ0n) is 21.8. The molecule has 3 aromatic rings. The van der Waals surface area contributed by atoms with Crippen molar-refractivity contribution in [2.24, 2.45) is 11.7 Å². The number of carboxylic acid groups (broad SMARTS) is 1. The highest BCUT2D eigenvalue weighted by atomic mass is 16.5. The second kappa shape index (κ2) is 10.4. The number of nitrogens with two attached hydrogens (primary N) is 1. The van der Waals surface area contributed by atoms with E-state index >= 15 is 0 Å². The average Bonchev–Trinajstić information content (AvgIpc) is 2.77. The van der Waals surface area contributed by atoms with Crippen molar-refractivity contribution in [3.63, 3.8) is 0 Å². The van der Waals surface area contributed by atoms with Crippen LogP contribution in [-0.2, 0) is 17.9 Å². The Morgan fingerprint density at radius 3 is 2.25 bits per heavy atom. The Balaban J connectivity index is 2.44. The second-order valence-electron chi connectivity index (χ2n) is 10.5. The van der Waals surface area contributed by atoms with Gasteiger partial charge in [0.1, 0.15) is 5.75 Å². The smallest absolute Gasteiger partial charge is 0.408 e. The van der Waals surface area contributed by atoms with Gasteiger partial charge in [-0.2, -0.15) is 0 Å². The minimum atomic E-state index is -1.07. The van der Waals surface area contributed by atoms with Crippen LogP contribution in [0.3, 0.4) is 0 Å². The van der Waals surface area contributed by atoms with Crippen molar-refractivity contribution < 1.29 is 19.4 Å². The maximum absolute atomic E-state index is 13.8. The maximum atomic E-state index is 13.8. The molecule has 0 atom stereocenters. The van der Waals surface area contributed by atoms with E-state index in [0.29, 0.717) is 28.8 Å². The topological polar surface area (TPSA) is 115 Å². The molecule has 0 unspecified atom stereocenters. The number of hydrogen-bond donors (Lipinski definition) is 2. The molecule has 1 aromatic heterocycles. The Kier molecular flexibility index (Phi) is 7.77. The molecule has 0 spiro atoms. The summed E-state index contributed by atoms with van der Waals surface area (Å²) in [6.07, 6.45) is -1.07. The lowest BCUT2D eigenvalue weighted by Gasteiger charge is -2.35. The lowest BCUT2D eigenvalue weighted by Crippen LogP contribution is -2.45. The van der Waals surface area contributed by atoms with E-state index in [1.807, 2.05) is 65.8 Å². The van der Waals surface area contributed by atoms with Crippen LogP contribution in [0.2, 0.25) is 0 Å². The van der Waals surface area contributed by atoms with Crippen LogP contribution in [-0.4, -0.2) is 38.7 Å². The number of aryl methyl sites for hydroxylation is 1. The first kappa shape index (κ1) is 26.8. The van der Waals surface area contributed by atoms with Gasteiger partial charge in [-0.3, -0.25) is 14.5 Å². The minimum Gasteiger partial charge on any atom is -0.484 e. The third-order valence-electron chi connectivity index (χ3n) is 5.97. The molecule has 2 amide bonds. The number of nitrogens with zero attached hydrogens (tertiary/aromatic N) is 2. The largest absolute Gasteiger partial charge is 0.484 e. The molecule has 3 N–H and O–H groups in total. The molecule has 2 aromatic carbocycles. The number of fused-ring (bicyclic) bond motifs is 1. The third kappa shape index (κ3) is 5.87. The molecule has 0 saturated heterocycles. The first-order valence-corrected chi connectivity index (χ1v) is 12.0. The summed E-state index contributed by atoms with van der Waals surface area (Å²) >= 11 is 0. The molecule has 0 saturated carbocycles. The average molecular weight is 494 g/mol. The van der Waals surface area contributed by atoms with Crippen LogP contribution in [0.5, 0.6) is 5.75 Å². The van der Waals surface area contributed by atoms with E-state index < -0.39 is 17.5 Å². The van der Waals surface area contributed by atoms with Gasteiger partial charge in [-0.1, -0.05) is 43.7 Å². The van der Waals surface area contributed by atoms with Gasteiger partial charge in [0.05, 0.1) is 6.54 Å². The molecular formula is C28H35N3O5. The molecule has 0 radical (unpaired) electrons. The number of carbonyl (C=O) groups is 2. The Labute approximate surface area is 211 Å². The van der Waals surface area contributed by atoms with Crippen LogP contribution >= 0.6 is 0 Å². The lowest BCUT2D eigenvalue weighted by atomic mass is 9.94. The number of pyridine rings is 1. The van der Waals surface area contributed by atoms with E-state index in [1.54, 1.807) is 22.8 Å². The van der Waals surface area contributed by atoms with Crippen molar-refractivity contribution in [2.75, 3.05) is 6.61 Å². The fourth-order valence-corrected chi connectivity index (χ4v) is 4.23. The molecule has 8 nitrogen and oxygen atoms in total. The normalized spacial score (nSPS) is 11.6. The summed E-state index contributed by atoms with van der Waals surface area (Å²) in [7, 11) is 0. The van der Waals surface area contributed by atoms with Crippen LogP contribution in [0.15, 0.2) is 47.3 Å². The number of aromatic nitrogens is 1. The van der Waals surface area contributed by atoms with Crippen molar-refractivity contribution in [1.82, 2.24) is 9.47 Å². The van der Waals surface area contributed by atoms with Gasteiger partial charge in [0.25, 0.3) is 11.5 Å². The van der Waals surface area contributed by atoms with E-state index in [0.717, 1.165) is 16.7 Å². The first-order valence-electron chi connectivity index (χ1n) is 12.0. The monoisotopic (exact) mass is 493 g/mol. The Morgan fingerprint density at radius 2 is 1.72 bits per heavy atom. The second-order valence-corrected chi connectivity index (χ2v) is 10.5. The molecule has 192 valence electrons. The number of amides is 2. The SMILES string of the molecule is Cc1ccc(-c2c(CN(C(=O)O)C(C)(C)C)n(CC(C)C)c(=O)c3ccc(OCC(N)=O)cc23)cc1. The van der Waals surface area contributed by atoms with E-state index in [2.05, 4.69) is 0 Å². The molecule has 0 aliphatic heterocycles. The predicted octanol–water partition coefficient (Wildman–Crippen LogP) is 4.78. The van der Waals surface area contributed by atoms with E-state index in [4.69, 9.17) is 10.5 Å². The third-order valence-corrected chi connectivity index (χ3v) is 5.97. The summed E-state index contributed by atoms with van der Waals surface area (Å²) < 4.78 is 7.25. The summed E-state index contributed by atoms with van der Waals surface area (Å²) in [5.41, 5.74) is 7.64. The van der Waals surface area contributed by atoms with Crippen molar-refractivity contribution in [1.29, 1.82) is 0 Å². The van der Waals surface area contributed by atoms with Crippen LogP contribution in [0.1, 0.15) is 45.9 Å². The molecule has 0 fully saturated rings. The van der Waals surface area contributed by atoms with E-state index in [9.17, 15) is 19.5 Å². The summed E-state index contributed by atoms with van der Waals surface area (Å²) in [6, 6.07) is 13.0. The van der Waals surface area contributed by atoms with Gasteiger partial charge in [-0.05, 0) is 57.4 Å². The minimum absolute atomic E-state index is 0.0202. The fraction of sp³-hybridized carbons (Fsp3) is 0.393. The van der Waals surface area contributed by atoms with Crippen LogP contribution in [0.4, 0.5) is 4.79 Å². The zero-order valence-corrected chi connectivity index (χ0v) is 21.8. The molecule has 36 heavy (non-hydrogen) atoms. The number of rotatable bonds is 8. The van der Waals surface area contributed by atoms with Gasteiger partial charge in [0, 0.05) is 34.1 Å². The molecule has 3 rings (SSSR count). The molecular weight excluding hydrogens is 458 g/mol. The number of benzene rings is 2. The van der Waals surface area contributed by atoms with Crippen LogP contribution < -0.4 is 16.0 Å². The number of ether oxygens (including phenoxy) is 1. The Hall–Kier alpha value is -3.81. The highest BCUT2D eigenvalue weighted by Gasteiger charge is 2.30. The summed E-state index contributed by atoms with van der Waals surface area (Å²) in [4.78, 5) is 38.7. The molecule has 0 bridgehead atoms. The standard InChI is InChI=1S/C28H35N3O5/c1-17(2)14-30-23(15-31(27(34)35)28(4,5)6)25(19-9-7-18(3)8-10-19)22-13-20(36-16-24(29)32)11-12-21(22)26(30)33/h7-13,17H,14-16H2,1-6H3,(H2,29,32)(H,34,35). The molecule has 0 aliphatic rings. The summed E-state index contributed by atoms with van der Waals surface area (Å²) in [5, 5.41) is 11.2. The molecule has 8 heteroatoms. The van der Waals surface area contributed by atoms with Gasteiger partial charge < -0.3 is 20.1 Å².